The first-order valence-electron chi connectivity index (χ1n) is 10.6. The molecule has 0 radical (unpaired) electrons. The summed E-state index contributed by atoms with van der Waals surface area (Å²) in [5.74, 6) is -1.06. The van der Waals surface area contributed by atoms with Gasteiger partial charge in [-0.3, -0.25) is 14.5 Å². The number of ketones is 1. The Morgan fingerprint density at radius 2 is 1.77 bits per heavy atom. The summed E-state index contributed by atoms with van der Waals surface area (Å²) in [5, 5.41) is 10.7. The molecule has 164 valence electrons. The second-order valence-corrected chi connectivity index (χ2v) is 7.82. The molecule has 0 spiro atoms. The molecule has 0 saturated heterocycles. The number of nitrogens with zero attached hydrogens (tertiary/aromatic N) is 2. The number of aliphatic hydroxyl groups excluding tert-OH is 1. The van der Waals surface area contributed by atoms with E-state index in [0.29, 0.717) is 17.0 Å². The van der Waals surface area contributed by atoms with Gasteiger partial charge in [0.2, 0.25) is 0 Å². The van der Waals surface area contributed by atoms with Crippen molar-refractivity contribution in [1.29, 1.82) is 0 Å². The number of hydrogen-bond acceptors (Lipinski definition) is 5. The van der Waals surface area contributed by atoms with Crippen LogP contribution in [0.4, 0.5) is 11.4 Å². The van der Waals surface area contributed by atoms with Crippen LogP contribution in [0, 0.1) is 5.92 Å². The Labute approximate surface area is 183 Å². The monoisotopic (exact) mass is 422 g/mol. The van der Waals surface area contributed by atoms with Gasteiger partial charge in [0.25, 0.3) is 5.91 Å². The maximum absolute atomic E-state index is 13.1. The molecule has 3 rings (SSSR count). The number of ether oxygens (including phenoxy) is 1. The minimum Gasteiger partial charge on any atom is -0.503 e. The lowest BCUT2D eigenvalue weighted by Crippen LogP contribution is -2.31. The quantitative estimate of drug-likeness (QED) is 0.670. The Balaban J connectivity index is 2.12. The summed E-state index contributed by atoms with van der Waals surface area (Å²) in [6.45, 7) is 9.45. The average molecular weight is 423 g/mol. The van der Waals surface area contributed by atoms with Crippen molar-refractivity contribution in [3.63, 3.8) is 0 Å². The number of hydrogen-bond donors (Lipinski definition) is 1. The lowest BCUT2D eigenvalue weighted by molar-refractivity contribution is -0.119. The summed E-state index contributed by atoms with van der Waals surface area (Å²) >= 11 is 0. The van der Waals surface area contributed by atoms with E-state index in [1.165, 1.54) is 4.90 Å². The van der Waals surface area contributed by atoms with Crippen LogP contribution in [-0.2, 0) is 9.59 Å². The highest BCUT2D eigenvalue weighted by atomic mass is 16.5. The second-order valence-electron chi connectivity index (χ2n) is 7.82. The summed E-state index contributed by atoms with van der Waals surface area (Å²) < 4.78 is 5.35. The van der Waals surface area contributed by atoms with Crippen LogP contribution in [0.3, 0.4) is 0 Å². The molecule has 0 fully saturated rings. The standard InChI is InChI=1S/C25H30N2O4/c1-6-26(7-2)18-11-13-19(14-12-18)27-22(17-9-8-10-20(15-17)31-5)21(23(28)16(3)4)24(29)25(27)30/h8-16,22,29H,6-7H2,1-5H3. The second kappa shape index (κ2) is 9.25. The zero-order valence-corrected chi connectivity index (χ0v) is 18.8. The molecule has 31 heavy (non-hydrogen) atoms. The van der Waals surface area contributed by atoms with Crippen molar-refractivity contribution in [1.82, 2.24) is 0 Å². The van der Waals surface area contributed by atoms with Crippen LogP contribution in [0.5, 0.6) is 5.75 Å². The molecule has 0 saturated carbocycles. The Kier molecular flexibility index (Phi) is 6.68. The highest BCUT2D eigenvalue weighted by Crippen LogP contribution is 2.42. The zero-order valence-electron chi connectivity index (χ0n) is 18.8. The first-order chi connectivity index (χ1) is 14.8. The van der Waals surface area contributed by atoms with Crippen LogP contribution in [-0.4, -0.2) is 37.0 Å². The molecule has 1 amide bonds. The predicted octanol–water partition coefficient (Wildman–Crippen LogP) is 4.67. The summed E-state index contributed by atoms with van der Waals surface area (Å²) in [6.07, 6.45) is 0. The van der Waals surface area contributed by atoms with Gasteiger partial charge >= 0.3 is 0 Å². The number of amides is 1. The predicted molar refractivity (Wildman–Crippen MR) is 123 cm³/mol. The maximum atomic E-state index is 13.1. The van der Waals surface area contributed by atoms with Gasteiger partial charge < -0.3 is 14.7 Å². The van der Waals surface area contributed by atoms with Gasteiger partial charge in [0.05, 0.1) is 18.7 Å². The average Bonchev–Trinajstić information content (AvgIpc) is 3.05. The lowest BCUT2D eigenvalue weighted by Gasteiger charge is -2.28. The summed E-state index contributed by atoms with van der Waals surface area (Å²) in [4.78, 5) is 29.8. The molecule has 0 aliphatic carbocycles. The van der Waals surface area contributed by atoms with E-state index < -0.39 is 17.7 Å². The van der Waals surface area contributed by atoms with Crippen molar-refractivity contribution >= 4 is 23.1 Å². The van der Waals surface area contributed by atoms with E-state index in [1.807, 2.05) is 36.4 Å². The third-order valence-electron chi connectivity index (χ3n) is 5.66. The van der Waals surface area contributed by atoms with Crippen LogP contribution >= 0.6 is 0 Å². The van der Waals surface area contributed by atoms with Gasteiger partial charge in [0.15, 0.2) is 11.5 Å². The topological polar surface area (TPSA) is 70.1 Å². The first kappa shape index (κ1) is 22.4. The molecule has 1 aliphatic rings. The van der Waals surface area contributed by atoms with Gasteiger partial charge in [-0.2, -0.15) is 0 Å². The fraction of sp³-hybridized carbons (Fsp3) is 0.360. The van der Waals surface area contributed by atoms with Crippen LogP contribution < -0.4 is 14.5 Å². The Bertz CT molecular complexity index is 991. The van der Waals surface area contributed by atoms with Crippen molar-refractivity contribution in [2.45, 2.75) is 33.7 Å². The molecule has 1 aliphatic heterocycles. The molecule has 6 nitrogen and oxygen atoms in total. The molecule has 6 heteroatoms. The zero-order chi connectivity index (χ0) is 22.7. The molecule has 1 N–H and O–H groups in total. The van der Waals surface area contributed by atoms with E-state index in [2.05, 4.69) is 18.7 Å². The summed E-state index contributed by atoms with van der Waals surface area (Å²) in [5.41, 5.74) is 2.50. The Morgan fingerprint density at radius 1 is 1.13 bits per heavy atom. The summed E-state index contributed by atoms with van der Waals surface area (Å²) in [7, 11) is 1.57. The van der Waals surface area contributed by atoms with Crippen molar-refractivity contribution in [3.05, 3.63) is 65.4 Å². The fourth-order valence-electron chi connectivity index (χ4n) is 3.97. The van der Waals surface area contributed by atoms with Gasteiger partial charge in [-0.1, -0.05) is 26.0 Å². The van der Waals surface area contributed by atoms with Crippen LogP contribution in [0.2, 0.25) is 0 Å². The van der Waals surface area contributed by atoms with Crippen LogP contribution in [0.1, 0.15) is 39.3 Å². The Morgan fingerprint density at radius 3 is 2.32 bits per heavy atom. The molecule has 0 aromatic heterocycles. The number of rotatable bonds is 8. The lowest BCUT2D eigenvalue weighted by atomic mass is 9.91. The van der Waals surface area contributed by atoms with Gasteiger partial charge in [0, 0.05) is 30.4 Å². The van der Waals surface area contributed by atoms with E-state index in [0.717, 1.165) is 18.8 Å². The SMILES string of the molecule is CCN(CC)c1ccc(N2C(=O)C(O)=C(C(=O)C(C)C)C2c2cccc(OC)c2)cc1. The molecular formula is C25H30N2O4. The van der Waals surface area contributed by atoms with E-state index in [-0.39, 0.29) is 17.3 Å². The van der Waals surface area contributed by atoms with Crippen LogP contribution in [0.15, 0.2) is 59.9 Å². The molecule has 1 atom stereocenters. The molecule has 1 heterocycles. The number of carbonyl (C=O) groups excluding carboxylic acids is 2. The number of anilines is 2. The van der Waals surface area contributed by atoms with E-state index in [4.69, 9.17) is 4.74 Å². The van der Waals surface area contributed by atoms with E-state index >= 15 is 0 Å². The van der Waals surface area contributed by atoms with Gasteiger partial charge in [-0.05, 0) is 55.8 Å². The minimum absolute atomic E-state index is 0.126. The minimum atomic E-state index is -0.725. The first-order valence-corrected chi connectivity index (χ1v) is 10.6. The largest absolute Gasteiger partial charge is 0.503 e. The number of Topliss-reactive ketones (excluding diaryl/α,β-unsaturated/α-hetero) is 1. The van der Waals surface area contributed by atoms with Crippen molar-refractivity contribution in [2.75, 3.05) is 30.0 Å². The molecule has 1 unspecified atom stereocenters. The number of aliphatic hydroxyl groups is 1. The third-order valence-corrected chi connectivity index (χ3v) is 5.66. The number of benzene rings is 2. The molecule has 2 aromatic rings. The number of carbonyl (C=O) groups is 2. The van der Waals surface area contributed by atoms with Gasteiger partial charge in [0.1, 0.15) is 5.75 Å². The molecule has 0 bridgehead atoms. The van der Waals surface area contributed by atoms with E-state index in [9.17, 15) is 14.7 Å². The van der Waals surface area contributed by atoms with Crippen LogP contribution in [0.25, 0.3) is 0 Å². The highest BCUT2D eigenvalue weighted by Gasteiger charge is 2.44. The normalized spacial score (nSPS) is 16.3. The van der Waals surface area contributed by atoms with E-state index in [1.54, 1.807) is 33.1 Å². The van der Waals surface area contributed by atoms with Crippen molar-refractivity contribution < 1.29 is 19.4 Å². The fourth-order valence-corrected chi connectivity index (χ4v) is 3.97. The van der Waals surface area contributed by atoms with Gasteiger partial charge in [-0.25, -0.2) is 0 Å². The number of methoxy groups -OCH3 is 1. The van der Waals surface area contributed by atoms with Crippen molar-refractivity contribution in [2.24, 2.45) is 5.92 Å². The summed E-state index contributed by atoms with van der Waals surface area (Å²) in [6, 6.07) is 14.1. The maximum Gasteiger partial charge on any atom is 0.294 e. The smallest absolute Gasteiger partial charge is 0.294 e. The molecular weight excluding hydrogens is 392 g/mol. The highest BCUT2D eigenvalue weighted by molar-refractivity contribution is 6.16. The third kappa shape index (κ3) is 4.15. The van der Waals surface area contributed by atoms with Gasteiger partial charge in [-0.15, -0.1) is 0 Å². The van der Waals surface area contributed by atoms with Crippen molar-refractivity contribution in [3.8, 4) is 5.75 Å². The molecule has 2 aromatic carbocycles. The Hall–Kier alpha value is -3.28.